The predicted octanol–water partition coefficient (Wildman–Crippen LogP) is 3.33. The summed E-state index contributed by atoms with van der Waals surface area (Å²) in [4.78, 5) is 50.6. The molecular weight excluding hydrogens is 442 g/mol. The van der Waals surface area contributed by atoms with Gasteiger partial charge in [0.05, 0.1) is 24.8 Å². The molecule has 0 spiro atoms. The molecule has 1 aromatic carbocycles. The molecule has 0 aliphatic carbocycles. The van der Waals surface area contributed by atoms with Crippen LogP contribution in [0, 0.1) is 0 Å². The van der Waals surface area contributed by atoms with Crippen molar-refractivity contribution in [2.45, 2.75) is 84.0 Å². The zero-order valence-corrected chi connectivity index (χ0v) is 20.8. The minimum absolute atomic E-state index is 0.0501. The first-order valence-electron chi connectivity index (χ1n) is 11.6. The lowest BCUT2D eigenvalue weighted by Crippen LogP contribution is -2.63. The summed E-state index contributed by atoms with van der Waals surface area (Å²) in [5.41, 5.74) is 3.43. The Balaban J connectivity index is 2.99. The van der Waals surface area contributed by atoms with Gasteiger partial charge >= 0.3 is 29.5 Å². The number of carbonyl (C=O) groups is 4. The van der Waals surface area contributed by atoms with E-state index in [1.54, 1.807) is 52.8 Å². The molecular formula is C25H37NO8. The van der Waals surface area contributed by atoms with Crippen LogP contribution in [0.4, 0.5) is 0 Å². The maximum Gasteiger partial charge on any atom is 0.364 e. The van der Waals surface area contributed by atoms with Gasteiger partial charge in [0.15, 0.2) is 0 Å². The number of benzene rings is 1. The molecule has 0 aromatic heterocycles. The average Bonchev–Trinajstić information content (AvgIpc) is 2.76. The minimum Gasteiger partial charge on any atom is -0.463 e. The van der Waals surface area contributed by atoms with E-state index in [9.17, 15) is 19.2 Å². The van der Waals surface area contributed by atoms with Crippen LogP contribution >= 0.6 is 0 Å². The van der Waals surface area contributed by atoms with E-state index in [1.165, 1.54) is 12.1 Å². The van der Waals surface area contributed by atoms with Crippen molar-refractivity contribution in [3.8, 4) is 0 Å². The third-order valence-corrected chi connectivity index (χ3v) is 4.76. The highest BCUT2D eigenvalue weighted by Gasteiger charge is 2.57. The summed E-state index contributed by atoms with van der Waals surface area (Å²) < 4.78 is 20.9. The number of carbonyl (C=O) groups excluding carboxylic acids is 4. The number of rotatable bonds is 13. The fraction of sp³-hybridized carbons (Fsp3) is 0.600. The molecule has 34 heavy (non-hydrogen) atoms. The standard InChI is InChI=1S/C25H37NO8/c1-6-31-22(29)25(23(30)32-7-2,34-21(28)18-14-10-8-11-15-18)19(26)16-12-9-13-17-20(27)33-24(3,4)5/h8,10-11,14-15,19H,6-7,9,12-13,16-17,26H2,1-5H3. The fourth-order valence-electron chi connectivity index (χ4n) is 3.21. The molecule has 190 valence electrons. The summed E-state index contributed by atoms with van der Waals surface area (Å²) in [6.07, 6.45) is 1.97. The zero-order valence-electron chi connectivity index (χ0n) is 20.8. The molecule has 0 saturated carbocycles. The minimum atomic E-state index is -2.45. The van der Waals surface area contributed by atoms with Gasteiger partial charge in [-0.1, -0.05) is 31.0 Å². The van der Waals surface area contributed by atoms with Crippen LogP contribution in [-0.4, -0.2) is 54.3 Å². The van der Waals surface area contributed by atoms with Crippen LogP contribution < -0.4 is 5.73 Å². The summed E-state index contributed by atoms with van der Waals surface area (Å²) >= 11 is 0. The highest BCUT2D eigenvalue weighted by molar-refractivity contribution is 6.07. The Morgan fingerprint density at radius 1 is 0.853 bits per heavy atom. The van der Waals surface area contributed by atoms with Crippen molar-refractivity contribution < 1.29 is 38.1 Å². The fourth-order valence-corrected chi connectivity index (χ4v) is 3.21. The van der Waals surface area contributed by atoms with Crippen LogP contribution in [0.25, 0.3) is 0 Å². The van der Waals surface area contributed by atoms with Crippen molar-refractivity contribution in [3.05, 3.63) is 35.9 Å². The van der Waals surface area contributed by atoms with Crippen LogP contribution in [0.5, 0.6) is 0 Å². The Kier molecular flexibility index (Phi) is 11.7. The molecule has 0 heterocycles. The van der Waals surface area contributed by atoms with Gasteiger partial charge in [0, 0.05) is 6.42 Å². The molecule has 0 bridgehead atoms. The SMILES string of the molecule is CCOC(=O)C(OC(=O)c1ccccc1)(C(=O)OCC)C(N)CCCCCC(=O)OC(C)(C)C. The highest BCUT2D eigenvalue weighted by atomic mass is 16.6. The Labute approximate surface area is 201 Å². The van der Waals surface area contributed by atoms with Gasteiger partial charge in [-0.3, -0.25) is 4.79 Å². The second kappa shape index (κ2) is 13.7. The van der Waals surface area contributed by atoms with E-state index in [4.69, 9.17) is 24.7 Å². The molecule has 0 saturated heterocycles. The van der Waals surface area contributed by atoms with Gasteiger partial charge in [-0.25, -0.2) is 14.4 Å². The van der Waals surface area contributed by atoms with Crippen molar-refractivity contribution >= 4 is 23.9 Å². The van der Waals surface area contributed by atoms with Crippen LogP contribution in [-0.2, 0) is 33.3 Å². The first-order chi connectivity index (χ1) is 16.0. The monoisotopic (exact) mass is 479 g/mol. The molecule has 0 amide bonds. The normalized spacial score (nSPS) is 12.4. The molecule has 0 fully saturated rings. The van der Waals surface area contributed by atoms with Gasteiger partial charge in [-0.05, 0) is 59.6 Å². The lowest BCUT2D eigenvalue weighted by molar-refractivity contribution is -0.186. The van der Waals surface area contributed by atoms with Crippen molar-refractivity contribution in [1.82, 2.24) is 0 Å². The van der Waals surface area contributed by atoms with Crippen molar-refractivity contribution in [2.24, 2.45) is 5.73 Å². The van der Waals surface area contributed by atoms with Gasteiger partial charge in [-0.2, -0.15) is 0 Å². The molecule has 1 unspecified atom stereocenters. The summed E-state index contributed by atoms with van der Waals surface area (Å²) in [7, 11) is 0. The number of nitrogens with two attached hydrogens (primary N) is 1. The van der Waals surface area contributed by atoms with Gasteiger partial charge in [-0.15, -0.1) is 0 Å². The Bertz CT molecular complexity index is 798. The summed E-state index contributed by atoms with van der Waals surface area (Å²) in [6, 6.07) is 6.72. The van der Waals surface area contributed by atoms with E-state index in [2.05, 4.69) is 0 Å². The van der Waals surface area contributed by atoms with Crippen molar-refractivity contribution in [1.29, 1.82) is 0 Å². The second-order valence-corrected chi connectivity index (χ2v) is 8.72. The average molecular weight is 480 g/mol. The maximum atomic E-state index is 13.0. The van der Waals surface area contributed by atoms with Crippen LogP contribution in [0.1, 0.15) is 77.1 Å². The molecule has 0 radical (unpaired) electrons. The summed E-state index contributed by atoms with van der Waals surface area (Å²) in [6.45, 7) is 8.42. The number of ether oxygens (including phenoxy) is 4. The maximum absolute atomic E-state index is 13.0. The van der Waals surface area contributed by atoms with Gasteiger partial charge < -0.3 is 24.7 Å². The van der Waals surface area contributed by atoms with Gasteiger partial charge in [0.25, 0.3) is 0 Å². The topological polar surface area (TPSA) is 131 Å². The molecule has 0 aliphatic rings. The lowest BCUT2D eigenvalue weighted by atomic mass is 9.89. The Morgan fingerprint density at radius 2 is 1.41 bits per heavy atom. The first-order valence-corrected chi connectivity index (χ1v) is 11.6. The van der Waals surface area contributed by atoms with E-state index >= 15 is 0 Å². The predicted molar refractivity (Wildman–Crippen MR) is 125 cm³/mol. The van der Waals surface area contributed by atoms with Crippen LogP contribution in [0.3, 0.4) is 0 Å². The summed E-state index contributed by atoms with van der Waals surface area (Å²) in [5.74, 6) is -3.37. The van der Waals surface area contributed by atoms with E-state index < -0.39 is 35.2 Å². The van der Waals surface area contributed by atoms with E-state index in [0.29, 0.717) is 19.3 Å². The van der Waals surface area contributed by atoms with Gasteiger partial charge in [0.2, 0.25) is 0 Å². The smallest absolute Gasteiger partial charge is 0.364 e. The zero-order chi connectivity index (χ0) is 25.8. The number of esters is 4. The van der Waals surface area contributed by atoms with E-state index in [1.807, 2.05) is 0 Å². The lowest BCUT2D eigenvalue weighted by Gasteiger charge is -2.33. The van der Waals surface area contributed by atoms with E-state index in [-0.39, 0.29) is 37.6 Å². The third kappa shape index (κ3) is 8.78. The molecule has 9 nitrogen and oxygen atoms in total. The molecule has 9 heteroatoms. The molecule has 0 aliphatic heterocycles. The summed E-state index contributed by atoms with van der Waals surface area (Å²) in [5, 5.41) is 0. The number of hydrogen-bond acceptors (Lipinski definition) is 9. The highest BCUT2D eigenvalue weighted by Crippen LogP contribution is 2.26. The molecule has 2 N–H and O–H groups in total. The largest absolute Gasteiger partial charge is 0.463 e. The van der Waals surface area contributed by atoms with Crippen LogP contribution in [0.2, 0.25) is 0 Å². The quantitative estimate of drug-likeness (QED) is 0.196. The van der Waals surface area contributed by atoms with Gasteiger partial charge in [0.1, 0.15) is 5.60 Å². The molecule has 1 aromatic rings. The van der Waals surface area contributed by atoms with E-state index in [0.717, 1.165) is 0 Å². The number of unbranched alkanes of at least 4 members (excludes halogenated alkanes) is 2. The Morgan fingerprint density at radius 3 is 1.91 bits per heavy atom. The first kappa shape index (κ1) is 29.1. The van der Waals surface area contributed by atoms with Crippen LogP contribution in [0.15, 0.2) is 30.3 Å². The molecule has 1 atom stereocenters. The number of hydrogen-bond donors (Lipinski definition) is 1. The molecule has 1 rings (SSSR count). The van der Waals surface area contributed by atoms with Crippen molar-refractivity contribution in [2.75, 3.05) is 13.2 Å². The Hall–Kier alpha value is -2.94. The van der Waals surface area contributed by atoms with Crippen molar-refractivity contribution in [3.63, 3.8) is 0 Å². The third-order valence-electron chi connectivity index (χ3n) is 4.76. The second-order valence-electron chi connectivity index (χ2n) is 8.72.